The smallest absolute Gasteiger partial charge is 0.258 e. The maximum absolute atomic E-state index is 12.1. The first-order chi connectivity index (χ1) is 12.4. The van der Waals surface area contributed by atoms with Crippen molar-refractivity contribution >= 4 is 50.9 Å². The van der Waals surface area contributed by atoms with Crippen LogP contribution < -0.4 is 10.1 Å². The number of hydrogen-bond acceptors (Lipinski definition) is 6. The molecule has 26 heavy (non-hydrogen) atoms. The van der Waals surface area contributed by atoms with E-state index in [9.17, 15) is 9.59 Å². The van der Waals surface area contributed by atoms with Crippen LogP contribution in [0.3, 0.4) is 0 Å². The van der Waals surface area contributed by atoms with Gasteiger partial charge in [-0.15, -0.1) is 11.8 Å². The highest BCUT2D eigenvalue weighted by Crippen LogP contribution is 2.18. The molecule has 2 amide bonds. The zero-order valence-corrected chi connectivity index (χ0v) is 16.2. The summed E-state index contributed by atoms with van der Waals surface area (Å²) in [5.41, 5.74) is 2.21. The molecule has 0 saturated heterocycles. The fraction of sp³-hybridized carbons (Fsp3) is 0.294. The van der Waals surface area contributed by atoms with Gasteiger partial charge in [-0.3, -0.25) is 9.59 Å². The average molecular weight is 390 g/mol. The Balaban J connectivity index is 1.58. The SMILES string of the molecule is Cc1ccc2c(c1)sc(=NC(=O)CSCC(=O)Nc1cc(C)on1)n2C. The number of aromatic nitrogens is 2. The Morgan fingerprint density at radius 3 is 2.85 bits per heavy atom. The molecular weight excluding hydrogens is 372 g/mol. The molecule has 0 radical (unpaired) electrons. The summed E-state index contributed by atoms with van der Waals surface area (Å²) in [6.07, 6.45) is 0. The molecule has 1 N–H and O–H groups in total. The highest BCUT2D eigenvalue weighted by atomic mass is 32.2. The van der Waals surface area contributed by atoms with Gasteiger partial charge >= 0.3 is 0 Å². The van der Waals surface area contributed by atoms with Crippen LogP contribution in [0.25, 0.3) is 10.2 Å². The molecule has 0 aliphatic rings. The van der Waals surface area contributed by atoms with E-state index in [0.717, 1.165) is 10.2 Å². The van der Waals surface area contributed by atoms with Crippen LogP contribution in [0.1, 0.15) is 11.3 Å². The standard InChI is InChI=1S/C17H18N4O3S2/c1-10-4-5-12-13(6-10)26-17(21(12)3)19-16(23)9-25-8-15(22)18-14-7-11(2)24-20-14/h4-7H,8-9H2,1-3H3,(H,18,20,22). The van der Waals surface area contributed by atoms with Crippen LogP contribution in [0.4, 0.5) is 5.82 Å². The molecule has 136 valence electrons. The van der Waals surface area contributed by atoms with Crippen LogP contribution in [-0.2, 0) is 16.6 Å². The van der Waals surface area contributed by atoms with Gasteiger partial charge in [0.05, 0.1) is 21.7 Å². The molecule has 0 aliphatic carbocycles. The number of carbonyl (C=O) groups excluding carboxylic acids is 2. The van der Waals surface area contributed by atoms with E-state index in [-0.39, 0.29) is 23.3 Å². The molecule has 2 aromatic heterocycles. The number of thiazole rings is 1. The molecule has 7 nitrogen and oxygen atoms in total. The van der Waals surface area contributed by atoms with Gasteiger partial charge in [-0.05, 0) is 31.5 Å². The molecule has 0 spiro atoms. The monoisotopic (exact) mass is 390 g/mol. The van der Waals surface area contributed by atoms with E-state index in [0.29, 0.717) is 16.4 Å². The van der Waals surface area contributed by atoms with Crippen LogP contribution in [0.15, 0.2) is 33.8 Å². The molecule has 9 heteroatoms. The second-order valence-electron chi connectivity index (χ2n) is 5.78. The van der Waals surface area contributed by atoms with Crippen LogP contribution in [0.2, 0.25) is 0 Å². The minimum absolute atomic E-state index is 0.137. The first-order valence-electron chi connectivity index (χ1n) is 7.87. The minimum atomic E-state index is -0.265. The van der Waals surface area contributed by atoms with Crippen molar-refractivity contribution in [3.05, 3.63) is 40.4 Å². The normalized spacial score (nSPS) is 11.9. The summed E-state index contributed by atoms with van der Waals surface area (Å²) in [6.45, 7) is 3.77. The Hall–Kier alpha value is -2.39. The van der Waals surface area contributed by atoms with Crippen molar-refractivity contribution in [2.24, 2.45) is 12.0 Å². The minimum Gasteiger partial charge on any atom is -0.360 e. The third-order valence-corrected chi connectivity index (χ3v) is 5.55. The molecule has 0 unspecified atom stereocenters. The van der Waals surface area contributed by atoms with E-state index in [2.05, 4.69) is 21.5 Å². The molecule has 0 atom stereocenters. The number of benzene rings is 1. The highest BCUT2D eigenvalue weighted by Gasteiger charge is 2.09. The van der Waals surface area contributed by atoms with Crippen molar-refractivity contribution in [3.63, 3.8) is 0 Å². The number of carbonyl (C=O) groups is 2. The lowest BCUT2D eigenvalue weighted by atomic mass is 10.2. The van der Waals surface area contributed by atoms with Crippen LogP contribution in [0, 0.1) is 13.8 Å². The van der Waals surface area contributed by atoms with E-state index < -0.39 is 0 Å². The van der Waals surface area contributed by atoms with Crippen molar-refractivity contribution in [3.8, 4) is 0 Å². The molecule has 0 bridgehead atoms. The first-order valence-corrected chi connectivity index (χ1v) is 9.84. The number of aryl methyl sites for hydroxylation is 3. The fourth-order valence-corrected chi connectivity index (χ4v) is 4.05. The summed E-state index contributed by atoms with van der Waals surface area (Å²) in [6, 6.07) is 7.77. The van der Waals surface area contributed by atoms with Gasteiger partial charge in [-0.25, -0.2) is 0 Å². The lowest BCUT2D eigenvalue weighted by molar-refractivity contribution is -0.115. The van der Waals surface area contributed by atoms with Crippen molar-refractivity contribution in [2.75, 3.05) is 16.8 Å². The Morgan fingerprint density at radius 1 is 1.31 bits per heavy atom. The second kappa shape index (κ2) is 7.88. The van der Waals surface area contributed by atoms with Gasteiger partial charge in [-0.1, -0.05) is 22.6 Å². The number of nitrogens with one attached hydrogen (secondary N) is 1. The highest BCUT2D eigenvalue weighted by molar-refractivity contribution is 8.00. The topological polar surface area (TPSA) is 89.5 Å². The number of anilines is 1. The summed E-state index contributed by atoms with van der Waals surface area (Å²) in [5, 5.41) is 6.30. The maximum Gasteiger partial charge on any atom is 0.258 e. The Kier molecular flexibility index (Phi) is 5.58. The van der Waals surface area contributed by atoms with E-state index in [1.165, 1.54) is 28.7 Å². The predicted octanol–water partition coefficient (Wildman–Crippen LogP) is 2.64. The predicted molar refractivity (Wildman–Crippen MR) is 103 cm³/mol. The Labute approximate surface area is 158 Å². The summed E-state index contributed by atoms with van der Waals surface area (Å²) in [5.74, 6) is 0.770. The summed E-state index contributed by atoms with van der Waals surface area (Å²) in [4.78, 5) is 28.7. The van der Waals surface area contributed by atoms with E-state index >= 15 is 0 Å². The molecular formula is C17H18N4O3S2. The molecule has 3 rings (SSSR count). The lowest BCUT2D eigenvalue weighted by Gasteiger charge is -1.99. The number of thioether (sulfide) groups is 1. The number of fused-ring (bicyclic) bond motifs is 1. The largest absolute Gasteiger partial charge is 0.360 e. The molecule has 0 saturated carbocycles. The second-order valence-corrected chi connectivity index (χ2v) is 7.78. The third kappa shape index (κ3) is 4.41. The quantitative estimate of drug-likeness (QED) is 0.723. The van der Waals surface area contributed by atoms with E-state index in [4.69, 9.17) is 4.52 Å². The lowest BCUT2D eigenvalue weighted by Crippen LogP contribution is -2.17. The van der Waals surface area contributed by atoms with Gasteiger partial charge in [0.2, 0.25) is 5.91 Å². The summed E-state index contributed by atoms with van der Waals surface area (Å²) < 4.78 is 7.87. The summed E-state index contributed by atoms with van der Waals surface area (Å²) in [7, 11) is 1.89. The van der Waals surface area contributed by atoms with Crippen LogP contribution >= 0.6 is 23.1 Å². The summed E-state index contributed by atoms with van der Waals surface area (Å²) >= 11 is 2.69. The molecule has 0 fully saturated rings. The van der Waals surface area contributed by atoms with Gasteiger partial charge in [0.1, 0.15) is 5.76 Å². The van der Waals surface area contributed by atoms with Gasteiger partial charge in [0.25, 0.3) is 5.91 Å². The molecule has 3 aromatic rings. The zero-order valence-electron chi connectivity index (χ0n) is 14.6. The average Bonchev–Trinajstić information content (AvgIpc) is 3.11. The number of nitrogens with zero attached hydrogens (tertiary/aromatic N) is 3. The molecule has 2 heterocycles. The van der Waals surface area contributed by atoms with Crippen molar-refractivity contribution < 1.29 is 14.1 Å². The fourth-order valence-electron chi connectivity index (χ4n) is 2.32. The van der Waals surface area contributed by atoms with Gasteiger partial charge < -0.3 is 14.4 Å². The molecule has 0 aliphatic heterocycles. The number of rotatable bonds is 5. The first kappa shape index (κ1) is 18.4. The Bertz CT molecular complexity index is 1030. The number of hydrogen-bond donors (Lipinski definition) is 1. The van der Waals surface area contributed by atoms with Crippen LogP contribution in [-0.4, -0.2) is 33.0 Å². The Morgan fingerprint density at radius 2 is 2.12 bits per heavy atom. The van der Waals surface area contributed by atoms with Gasteiger partial charge in [0, 0.05) is 13.1 Å². The third-order valence-electron chi connectivity index (χ3n) is 3.54. The van der Waals surface area contributed by atoms with Crippen molar-refractivity contribution in [1.29, 1.82) is 0 Å². The van der Waals surface area contributed by atoms with Crippen LogP contribution in [0.5, 0.6) is 0 Å². The van der Waals surface area contributed by atoms with Gasteiger partial charge in [-0.2, -0.15) is 4.99 Å². The van der Waals surface area contributed by atoms with Crippen molar-refractivity contribution in [2.45, 2.75) is 13.8 Å². The van der Waals surface area contributed by atoms with E-state index in [1.807, 2.05) is 30.7 Å². The molecule has 1 aromatic carbocycles. The zero-order chi connectivity index (χ0) is 18.7. The van der Waals surface area contributed by atoms with Crippen molar-refractivity contribution in [1.82, 2.24) is 9.72 Å². The maximum atomic E-state index is 12.1. The van der Waals surface area contributed by atoms with E-state index in [1.54, 1.807) is 13.0 Å². The van der Waals surface area contributed by atoms with Gasteiger partial charge in [0.15, 0.2) is 10.6 Å². The number of amides is 2.